The first-order chi connectivity index (χ1) is 8.28. The van der Waals surface area contributed by atoms with E-state index in [1.807, 2.05) is 0 Å². The monoisotopic (exact) mass is 230 g/mol. The van der Waals surface area contributed by atoms with Gasteiger partial charge in [-0.1, -0.05) is 31.2 Å². The maximum Gasteiger partial charge on any atom is 0.0300 e. The molecule has 1 saturated heterocycles. The van der Waals surface area contributed by atoms with Crippen molar-refractivity contribution in [1.82, 2.24) is 9.80 Å². The van der Waals surface area contributed by atoms with E-state index in [1.54, 1.807) is 0 Å². The molecular formula is C15H22N2. The van der Waals surface area contributed by atoms with Gasteiger partial charge in [0.05, 0.1) is 0 Å². The average Bonchev–Trinajstić information content (AvgIpc) is 2.39. The van der Waals surface area contributed by atoms with Crippen LogP contribution in [0.3, 0.4) is 0 Å². The summed E-state index contributed by atoms with van der Waals surface area (Å²) >= 11 is 0. The maximum absolute atomic E-state index is 2.40. The Kier molecular flexibility index (Phi) is 4.21. The number of benzene rings is 1. The molecule has 0 radical (unpaired) electrons. The maximum atomic E-state index is 2.40. The van der Waals surface area contributed by atoms with E-state index in [0.29, 0.717) is 0 Å². The van der Waals surface area contributed by atoms with E-state index in [-0.39, 0.29) is 0 Å². The van der Waals surface area contributed by atoms with Crippen molar-refractivity contribution in [2.24, 2.45) is 0 Å². The van der Waals surface area contributed by atoms with E-state index in [2.05, 4.69) is 60.3 Å². The van der Waals surface area contributed by atoms with Gasteiger partial charge in [0.15, 0.2) is 0 Å². The Balaban J connectivity index is 1.90. The van der Waals surface area contributed by atoms with Crippen LogP contribution in [-0.2, 0) is 6.42 Å². The highest BCUT2D eigenvalue weighted by Crippen LogP contribution is 2.08. The molecule has 1 aromatic carbocycles. The minimum absolute atomic E-state index is 1.11. The van der Waals surface area contributed by atoms with Gasteiger partial charge < -0.3 is 9.80 Å². The van der Waals surface area contributed by atoms with Crippen LogP contribution in [-0.4, -0.2) is 43.0 Å². The predicted molar refractivity (Wildman–Crippen MR) is 73.9 cm³/mol. The largest absolute Gasteiger partial charge is 0.375 e. The van der Waals surface area contributed by atoms with Crippen molar-refractivity contribution in [3.63, 3.8) is 0 Å². The Morgan fingerprint density at radius 2 is 1.71 bits per heavy atom. The lowest BCUT2D eigenvalue weighted by Gasteiger charge is -2.31. The molecular weight excluding hydrogens is 208 g/mol. The number of aryl methyl sites for hydroxylation is 1. The van der Waals surface area contributed by atoms with Crippen LogP contribution < -0.4 is 0 Å². The SMILES string of the molecule is CCc1ccc(/C=C/N2CCN(C)CC2)cc1. The highest BCUT2D eigenvalue weighted by Gasteiger charge is 2.09. The molecule has 0 spiro atoms. The first-order valence-electron chi connectivity index (χ1n) is 6.47. The molecule has 0 saturated carbocycles. The molecule has 0 amide bonds. The summed E-state index contributed by atoms with van der Waals surface area (Å²) in [5.41, 5.74) is 2.70. The van der Waals surface area contributed by atoms with Gasteiger partial charge in [-0.2, -0.15) is 0 Å². The number of likely N-dealkylation sites (N-methyl/N-ethyl adjacent to an activating group) is 1. The lowest BCUT2D eigenvalue weighted by atomic mass is 10.1. The van der Waals surface area contributed by atoms with Crippen LogP contribution in [0.1, 0.15) is 18.1 Å². The van der Waals surface area contributed by atoms with Crippen LogP contribution in [0.2, 0.25) is 0 Å². The molecule has 1 aliphatic rings. The average molecular weight is 230 g/mol. The molecule has 1 heterocycles. The quantitative estimate of drug-likeness (QED) is 0.787. The molecule has 92 valence electrons. The molecule has 0 aliphatic carbocycles. The van der Waals surface area contributed by atoms with Crippen molar-refractivity contribution in [3.05, 3.63) is 41.6 Å². The Morgan fingerprint density at radius 3 is 2.29 bits per heavy atom. The number of hydrogen-bond acceptors (Lipinski definition) is 2. The Hall–Kier alpha value is -1.28. The summed E-state index contributed by atoms with van der Waals surface area (Å²) in [7, 11) is 2.19. The van der Waals surface area contributed by atoms with Gasteiger partial charge in [0.2, 0.25) is 0 Å². The summed E-state index contributed by atoms with van der Waals surface area (Å²) in [5.74, 6) is 0. The molecule has 2 nitrogen and oxygen atoms in total. The second-order valence-corrected chi connectivity index (χ2v) is 4.75. The van der Waals surface area contributed by atoms with Crippen molar-refractivity contribution in [1.29, 1.82) is 0 Å². The Bertz CT molecular complexity index is 359. The lowest BCUT2D eigenvalue weighted by molar-refractivity contribution is 0.199. The number of hydrogen-bond donors (Lipinski definition) is 0. The smallest absolute Gasteiger partial charge is 0.0300 e. The van der Waals surface area contributed by atoms with Gasteiger partial charge in [0, 0.05) is 26.2 Å². The van der Waals surface area contributed by atoms with E-state index in [4.69, 9.17) is 0 Å². The molecule has 0 unspecified atom stereocenters. The van der Waals surface area contributed by atoms with Crippen molar-refractivity contribution in [3.8, 4) is 0 Å². The molecule has 0 N–H and O–H groups in total. The third-order valence-electron chi connectivity index (χ3n) is 3.40. The van der Waals surface area contributed by atoms with Crippen LogP contribution >= 0.6 is 0 Å². The minimum atomic E-state index is 1.11. The standard InChI is InChI=1S/C15H22N2/c1-3-14-4-6-15(7-5-14)8-9-17-12-10-16(2)11-13-17/h4-9H,3,10-13H2,1-2H3/b9-8+. The Morgan fingerprint density at radius 1 is 1.06 bits per heavy atom. The second-order valence-electron chi connectivity index (χ2n) is 4.75. The van der Waals surface area contributed by atoms with Gasteiger partial charge in [0.25, 0.3) is 0 Å². The van der Waals surface area contributed by atoms with Crippen molar-refractivity contribution in [2.75, 3.05) is 33.2 Å². The van der Waals surface area contributed by atoms with Gasteiger partial charge in [-0.15, -0.1) is 0 Å². The summed E-state index contributed by atoms with van der Waals surface area (Å²) in [4.78, 5) is 4.77. The first kappa shape index (κ1) is 12.2. The van der Waals surface area contributed by atoms with Crippen LogP contribution in [0, 0.1) is 0 Å². The number of rotatable bonds is 3. The molecule has 2 rings (SSSR count). The third-order valence-corrected chi connectivity index (χ3v) is 3.40. The van der Waals surface area contributed by atoms with E-state index >= 15 is 0 Å². The molecule has 17 heavy (non-hydrogen) atoms. The van der Waals surface area contributed by atoms with Crippen LogP contribution in [0.15, 0.2) is 30.5 Å². The van der Waals surface area contributed by atoms with Gasteiger partial charge in [0.1, 0.15) is 0 Å². The summed E-state index contributed by atoms with van der Waals surface area (Å²) < 4.78 is 0. The zero-order valence-corrected chi connectivity index (χ0v) is 10.9. The second kappa shape index (κ2) is 5.87. The Labute approximate surface area is 105 Å². The van der Waals surface area contributed by atoms with Gasteiger partial charge in [-0.05, 0) is 36.9 Å². The minimum Gasteiger partial charge on any atom is -0.375 e. The number of piperazine rings is 1. The normalized spacial score (nSPS) is 17.9. The highest BCUT2D eigenvalue weighted by molar-refractivity contribution is 5.49. The zero-order valence-electron chi connectivity index (χ0n) is 10.9. The topological polar surface area (TPSA) is 6.48 Å². The van der Waals surface area contributed by atoms with Crippen LogP contribution in [0.4, 0.5) is 0 Å². The molecule has 2 heteroatoms. The zero-order chi connectivity index (χ0) is 12.1. The van der Waals surface area contributed by atoms with Crippen molar-refractivity contribution >= 4 is 6.08 Å². The molecule has 1 aromatic rings. The molecule has 0 aromatic heterocycles. The molecule has 0 atom stereocenters. The van der Waals surface area contributed by atoms with Crippen molar-refractivity contribution < 1.29 is 0 Å². The summed E-state index contributed by atoms with van der Waals surface area (Å²) in [6.07, 6.45) is 5.56. The van der Waals surface area contributed by atoms with Crippen LogP contribution in [0.25, 0.3) is 6.08 Å². The van der Waals surface area contributed by atoms with Gasteiger partial charge >= 0.3 is 0 Å². The van der Waals surface area contributed by atoms with Gasteiger partial charge in [-0.3, -0.25) is 0 Å². The lowest BCUT2D eigenvalue weighted by Crippen LogP contribution is -2.41. The molecule has 1 fully saturated rings. The third kappa shape index (κ3) is 3.60. The summed E-state index contributed by atoms with van der Waals surface area (Å²) in [6, 6.07) is 8.82. The van der Waals surface area contributed by atoms with E-state index in [0.717, 1.165) is 19.5 Å². The molecule has 0 bridgehead atoms. The fraction of sp³-hybridized carbons (Fsp3) is 0.467. The molecule has 1 aliphatic heterocycles. The highest BCUT2D eigenvalue weighted by atomic mass is 15.2. The summed E-state index contributed by atoms with van der Waals surface area (Å²) in [5, 5.41) is 0. The first-order valence-corrected chi connectivity index (χ1v) is 6.47. The van der Waals surface area contributed by atoms with Gasteiger partial charge in [-0.25, -0.2) is 0 Å². The fourth-order valence-corrected chi connectivity index (χ4v) is 2.03. The fourth-order valence-electron chi connectivity index (χ4n) is 2.03. The van der Waals surface area contributed by atoms with E-state index in [1.165, 1.54) is 24.2 Å². The van der Waals surface area contributed by atoms with E-state index < -0.39 is 0 Å². The predicted octanol–water partition coefficient (Wildman–Crippen LogP) is 2.47. The summed E-state index contributed by atoms with van der Waals surface area (Å²) in [6.45, 7) is 6.80. The van der Waals surface area contributed by atoms with E-state index in [9.17, 15) is 0 Å². The van der Waals surface area contributed by atoms with Crippen LogP contribution in [0.5, 0.6) is 0 Å². The number of nitrogens with zero attached hydrogens (tertiary/aromatic N) is 2. The van der Waals surface area contributed by atoms with Crippen molar-refractivity contribution in [2.45, 2.75) is 13.3 Å².